The van der Waals surface area contributed by atoms with E-state index < -0.39 is 0 Å². The lowest BCUT2D eigenvalue weighted by molar-refractivity contribution is 0.122. The fourth-order valence-electron chi connectivity index (χ4n) is 3.56. The van der Waals surface area contributed by atoms with Crippen LogP contribution in [0.4, 0.5) is 23.5 Å². The Morgan fingerprint density at radius 3 is 2.38 bits per heavy atom. The fourth-order valence-corrected chi connectivity index (χ4v) is 4.06. The molecule has 1 saturated heterocycles. The molecule has 3 aromatic carbocycles. The molecule has 2 heterocycles. The Morgan fingerprint density at radius 2 is 1.59 bits per heavy atom. The number of anilines is 4. The van der Waals surface area contributed by atoms with Crippen LogP contribution in [0.25, 0.3) is 10.8 Å². The van der Waals surface area contributed by atoms with E-state index in [0.29, 0.717) is 59.8 Å². The molecule has 0 saturated carbocycles. The summed E-state index contributed by atoms with van der Waals surface area (Å²) in [5, 5.41) is 10.8. The largest absolute Gasteiger partial charge is 0.378 e. The van der Waals surface area contributed by atoms with Crippen LogP contribution in [-0.2, 0) is 4.74 Å². The van der Waals surface area contributed by atoms with Crippen molar-refractivity contribution in [2.24, 2.45) is 5.10 Å². The SMILES string of the molecule is Clc1cccc(Cl)c1/C=N\Nc1nc(Nc2ccc3ccccc3c2)nc(N2CCOCC2)n1. The minimum atomic E-state index is 0.291. The van der Waals surface area contributed by atoms with Crippen LogP contribution in [0, 0.1) is 0 Å². The summed E-state index contributed by atoms with van der Waals surface area (Å²) in [4.78, 5) is 15.7. The molecule has 34 heavy (non-hydrogen) atoms. The minimum Gasteiger partial charge on any atom is -0.378 e. The zero-order valence-corrected chi connectivity index (χ0v) is 19.6. The standard InChI is InChI=1S/C24H21Cl2N7O/c25-20-6-3-7-21(26)19(20)15-27-32-23-29-22(30-24(31-23)33-10-12-34-13-11-33)28-18-9-8-16-4-1-2-5-17(16)14-18/h1-9,14-15H,10-13H2,(H2,28,29,30,31,32)/b27-15-. The molecule has 0 radical (unpaired) electrons. The number of halogens is 2. The first-order valence-electron chi connectivity index (χ1n) is 10.7. The van der Waals surface area contributed by atoms with Gasteiger partial charge in [-0.15, -0.1) is 0 Å². The van der Waals surface area contributed by atoms with Gasteiger partial charge in [-0.2, -0.15) is 20.1 Å². The van der Waals surface area contributed by atoms with Gasteiger partial charge in [-0.05, 0) is 35.0 Å². The third kappa shape index (κ3) is 5.20. The highest BCUT2D eigenvalue weighted by Gasteiger charge is 2.17. The van der Waals surface area contributed by atoms with Gasteiger partial charge in [0.05, 0.1) is 29.5 Å². The van der Waals surface area contributed by atoms with E-state index in [4.69, 9.17) is 27.9 Å². The normalized spacial score (nSPS) is 14.0. The van der Waals surface area contributed by atoms with E-state index in [0.717, 1.165) is 16.5 Å². The molecule has 8 nitrogen and oxygen atoms in total. The molecule has 1 aliphatic rings. The van der Waals surface area contributed by atoms with E-state index in [2.05, 4.69) is 60.0 Å². The molecule has 4 aromatic rings. The van der Waals surface area contributed by atoms with Crippen molar-refractivity contribution in [2.75, 3.05) is 41.9 Å². The Hall–Kier alpha value is -3.46. The van der Waals surface area contributed by atoms with Crippen LogP contribution >= 0.6 is 23.2 Å². The number of benzene rings is 3. The van der Waals surface area contributed by atoms with Crippen molar-refractivity contribution in [3.8, 4) is 0 Å². The van der Waals surface area contributed by atoms with Crippen LogP contribution in [0.15, 0.2) is 65.8 Å². The van der Waals surface area contributed by atoms with Gasteiger partial charge in [0.1, 0.15) is 0 Å². The van der Waals surface area contributed by atoms with Crippen LogP contribution in [0.5, 0.6) is 0 Å². The molecule has 10 heteroatoms. The Bertz CT molecular complexity index is 1320. The third-order valence-electron chi connectivity index (χ3n) is 5.28. The Balaban J connectivity index is 1.43. The number of fused-ring (bicyclic) bond motifs is 1. The number of nitrogens with one attached hydrogen (secondary N) is 2. The van der Waals surface area contributed by atoms with Crippen molar-refractivity contribution in [1.82, 2.24) is 15.0 Å². The number of hydrogen-bond donors (Lipinski definition) is 2. The number of hydrazone groups is 1. The topological polar surface area (TPSA) is 87.6 Å². The second kappa shape index (κ2) is 10.2. The monoisotopic (exact) mass is 493 g/mol. The first-order valence-corrected chi connectivity index (χ1v) is 11.5. The first-order chi connectivity index (χ1) is 16.7. The fraction of sp³-hybridized carbons (Fsp3) is 0.167. The average molecular weight is 494 g/mol. The number of rotatable bonds is 6. The van der Waals surface area contributed by atoms with Gasteiger partial charge in [-0.3, -0.25) is 0 Å². The molecular weight excluding hydrogens is 473 g/mol. The first kappa shape index (κ1) is 22.3. The van der Waals surface area contributed by atoms with Crippen LogP contribution in [0.3, 0.4) is 0 Å². The molecule has 0 amide bonds. The second-order valence-electron chi connectivity index (χ2n) is 7.57. The molecule has 0 atom stereocenters. The molecular formula is C24H21Cl2N7O. The lowest BCUT2D eigenvalue weighted by atomic mass is 10.1. The van der Waals surface area contributed by atoms with Gasteiger partial charge in [0.2, 0.25) is 17.8 Å². The van der Waals surface area contributed by atoms with E-state index >= 15 is 0 Å². The lowest BCUT2D eigenvalue weighted by Gasteiger charge is -2.27. The van der Waals surface area contributed by atoms with Crippen molar-refractivity contribution in [3.63, 3.8) is 0 Å². The molecule has 0 unspecified atom stereocenters. The van der Waals surface area contributed by atoms with Gasteiger partial charge in [0.15, 0.2) is 0 Å². The van der Waals surface area contributed by atoms with Crippen molar-refractivity contribution >= 4 is 63.7 Å². The zero-order chi connectivity index (χ0) is 23.3. The summed E-state index contributed by atoms with van der Waals surface area (Å²) >= 11 is 12.4. The van der Waals surface area contributed by atoms with Gasteiger partial charge in [0, 0.05) is 24.3 Å². The molecule has 172 valence electrons. The molecule has 1 aliphatic heterocycles. The summed E-state index contributed by atoms with van der Waals surface area (Å²) in [5.74, 6) is 1.23. The number of ether oxygens (including phenoxy) is 1. The van der Waals surface area contributed by atoms with E-state index in [1.807, 2.05) is 18.2 Å². The van der Waals surface area contributed by atoms with Crippen molar-refractivity contribution < 1.29 is 4.74 Å². The predicted octanol–water partition coefficient (Wildman–Crippen LogP) is 5.36. The van der Waals surface area contributed by atoms with Gasteiger partial charge in [-0.1, -0.05) is 59.6 Å². The molecule has 0 spiro atoms. The molecule has 0 bridgehead atoms. The quantitative estimate of drug-likeness (QED) is 0.276. The van der Waals surface area contributed by atoms with Crippen LogP contribution in [0.1, 0.15) is 5.56 Å². The van der Waals surface area contributed by atoms with Gasteiger partial charge < -0.3 is 15.0 Å². The zero-order valence-electron chi connectivity index (χ0n) is 18.1. The smallest absolute Gasteiger partial charge is 0.250 e. The number of hydrogen-bond acceptors (Lipinski definition) is 8. The van der Waals surface area contributed by atoms with E-state index in [-0.39, 0.29) is 0 Å². The molecule has 2 N–H and O–H groups in total. The van der Waals surface area contributed by atoms with Crippen molar-refractivity contribution in [1.29, 1.82) is 0 Å². The van der Waals surface area contributed by atoms with Crippen molar-refractivity contribution in [2.45, 2.75) is 0 Å². The Morgan fingerprint density at radius 1 is 0.853 bits per heavy atom. The average Bonchev–Trinajstić information content (AvgIpc) is 2.86. The molecule has 1 aromatic heterocycles. The highest BCUT2D eigenvalue weighted by Crippen LogP contribution is 2.24. The van der Waals surface area contributed by atoms with Crippen LogP contribution in [0.2, 0.25) is 10.0 Å². The highest BCUT2D eigenvalue weighted by atomic mass is 35.5. The summed E-state index contributed by atoms with van der Waals surface area (Å²) < 4.78 is 5.46. The van der Waals surface area contributed by atoms with Gasteiger partial charge in [0.25, 0.3) is 0 Å². The molecule has 5 rings (SSSR count). The highest BCUT2D eigenvalue weighted by molar-refractivity contribution is 6.38. The van der Waals surface area contributed by atoms with Gasteiger partial charge >= 0.3 is 0 Å². The number of morpholine rings is 1. The summed E-state index contributed by atoms with van der Waals surface area (Å²) in [5.41, 5.74) is 4.35. The van der Waals surface area contributed by atoms with Crippen LogP contribution < -0.4 is 15.6 Å². The van der Waals surface area contributed by atoms with Crippen LogP contribution in [-0.4, -0.2) is 47.5 Å². The van der Waals surface area contributed by atoms with E-state index in [1.54, 1.807) is 24.4 Å². The molecule has 0 aliphatic carbocycles. The lowest BCUT2D eigenvalue weighted by Crippen LogP contribution is -2.37. The second-order valence-corrected chi connectivity index (χ2v) is 8.39. The molecule has 1 fully saturated rings. The predicted molar refractivity (Wildman–Crippen MR) is 138 cm³/mol. The minimum absolute atomic E-state index is 0.291. The maximum absolute atomic E-state index is 6.22. The van der Waals surface area contributed by atoms with Crippen molar-refractivity contribution in [3.05, 3.63) is 76.3 Å². The third-order valence-corrected chi connectivity index (χ3v) is 5.94. The summed E-state index contributed by atoms with van der Waals surface area (Å²) in [6.45, 7) is 2.62. The van der Waals surface area contributed by atoms with E-state index in [1.165, 1.54) is 0 Å². The van der Waals surface area contributed by atoms with E-state index in [9.17, 15) is 0 Å². The van der Waals surface area contributed by atoms with Gasteiger partial charge in [-0.25, -0.2) is 5.43 Å². The Labute approximate surface area is 206 Å². The summed E-state index contributed by atoms with van der Waals surface area (Å²) in [6, 6.07) is 19.5. The summed E-state index contributed by atoms with van der Waals surface area (Å²) in [7, 11) is 0. The Kier molecular flexibility index (Phi) is 6.71. The number of aromatic nitrogens is 3. The number of nitrogens with zero attached hydrogens (tertiary/aromatic N) is 5. The summed E-state index contributed by atoms with van der Waals surface area (Å²) in [6.07, 6.45) is 1.54. The maximum Gasteiger partial charge on any atom is 0.250 e. The maximum atomic E-state index is 6.22.